The van der Waals surface area contributed by atoms with Gasteiger partial charge in [0.2, 0.25) is 0 Å². The zero-order valence-corrected chi connectivity index (χ0v) is 14.5. The van der Waals surface area contributed by atoms with E-state index in [0.717, 1.165) is 0 Å². The fraction of sp³-hybridized carbons (Fsp3) is 0.222. The Hall–Kier alpha value is -2.18. The molecule has 0 radical (unpaired) electrons. The van der Waals surface area contributed by atoms with E-state index in [-0.39, 0.29) is 23.0 Å². The summed E-state index contributed by atoms with van der Waals surface area (Å²) in [4.78, 5) is 12.1. The van der Waals surface area contributed by atoms with Crippen LogP contribution in [0.25, 0.3) is 11.1 Å². The van der Waals surface area contributed by atoms with Crippen molar-refractivity contribution in [2.75, 3.05) is 0 Å². The van der Waals surface area contributed by atoms with E-state index in [1.54, 1.807) is 36.4 Å². The molecule has 0 aromatic heterocycles. The third kappa shape index (κ3) is 4.01. The molecule has 2 rings (SSSR count). The monoisotopic (exact) mass is 348 g/mol. The van der Waals surface area contributed by atoms with Crippen molar-refractivity contribution >= 4 is 20.5 Å². The highest BCUT2D eigenvalue weighted by Crippen LogP contribution is 2.23. The minimum atomic E-state index is -3.24. The van der Waals surface area contributed by atoms with Crippen LogP contribution in [0.2, 0.25) is 0 Å². The molecule has 0 heterocycles. The van der Waals surface area contributed by atoms with Crippen LogP contribution < -0.4 is 10.9 Å². The van der Waals surface area contributed by atoms with E-state index in [9.17, 15) is 13.4 Å². The summed E-state index contributed by atoms with van der Waals surface area (Å²) in [5.41, 5.74) is 6.69. The first-order valence-corrected chi connectivity index (χ1v) is 9.17. The first kappa shape index (κ1) is 18.2. The summed E-state index contributed by atoms with van der Waals surface area (Å²) in [7, 11) is -3.24. The van der Waals surface area contributed by atoms with Crippen LogP contribution in [-0.2, 0) is 14.5 Å². The summed E-state index contributed by atoms with van der Waals surface area (Å²) >= 11 is 0. The zero-order valence-electron chi connectivity index (χ0n) is 13.7. The van der Waals surface area contributed by atoms with Crippen LogP contribution in [0.15, 0.2) is 53.4 Å². The molecule has 1 amide bonds. The lowest BCUT2D eigenvalue weighted by atomic mass is 10.1. The van der Waals surface area contributed by atoms with E-state index >= 15 is 0 Å². The molecular formula is C18H21FN2O2S. The number of carbonyl (C=O) groups excluding carboxylic acids is 1. The lowest BCUT2D eigenvalue weighted by molar-refractivity contribution is -0.111. The number of primary amides is 1. The Kier molecular flexibility index (Phi) is 5.41. The fourth-order valence-corrected chi connectivity index (χ4v) is 4.17. The molecule has 0 bridgehead atoms. The first-order chi connectivity index (χ1) is 11.2. The first-order valence-electron chi connectivity index (χ1n) is 7.55. The van der Waals surface area contributed by atoms with Crippen molar-refractivity contribution in [3.63, 3.8) is 0 Å². The summed E-state index contributed by atoms with van der Waals surface area (Å²) < 4.78 is 26.5. The largest absolute Gasteiger partial charge is 0.365 e. The number of rotatable bonds is 5. The molecule has 4 nitrogen and oxygen atoms in total. The quantitative estimate of drug-likeness (QED) is 0.814. The number of hydrogen-bond donors (Lipinski definition) is 2. The van der Waals surface area contributed by atoms with Gasteiger partial charge in [0.25, 0.3) is 5.91 Å². The average Bonchev–Trinajstić information content (AvgIpc) is 2.52. The van der Waals surface area contributed by atoms with E-state index < -0.39 is 15.6 Å². The molecule has 2 aromatic rings. The maximum atomic E-state index is 13.4. The standard InChI is InChI=1S/C18H21FN2O2S/c1-12(2)9-17(18(20)22)24(21,23)16-8-4-6-14(11-16)13-5-3-7-15(19)10-13/h3-8,10-12H,9H2,1-2H3,(H2,20,22)(H2,21,23). The number of halogens is 1. The van der Waals surface area contributed by atoms with E-state index in [1.165, 1.54) is 12.1 Å². The van der Waals surface area contributed by atoms with Gasteiger partial charge in [-0.3, -0.25) is 9.93 Å². The van der Waals surface area contributed by atoms with Gasteiger partial charge in [0, 0.05) is 4.90 Å². The van der Waals surface area contributed by atoms with Crippen molar-refractivity contribution in [2.45, 2.75) is 25.2 Å². The van der Waals surface area contributed by atoms with Crippen LogP contribution in [0.1, 0.15) is 20.3 Å². The van der Waals surface area contributed by atoms with Crippen molar-refractivity contribution in [3.8, 4) is 11.1 Å². The van der Waals surface area contributed by atoms with Crippen LogP contribution >= 0.6 is 0 Å². The zero-order chi connectivity index (χ0) is 17.9. The van der Waals surface area contributed by atoms with Crippen molar-refractivity contribution in [2.24, 2.45) is 16.8 Å². The Labute approximate surface area is 141 Å². The van der Waals surface area contributed by atoms with Gasteiger partial charge < -0.3 is 5.73 Å². The summed E-state index contributed by atoms with van der Waals surface area (Å²) in [6.07, 6.45) is 0.259. The molecule has 0 fully saturated rings. The molecule has 1 atom stereocenters. The van der Waals surface area contributed by atoms with E-state index in [4.69, 9.17) is 10.9 Å². The van der Waals surface area contributed by atoms with Gasteiger partial charge >= 0.3 is 0 Å². The van der Waals surface area contributed by atoms with Crippen LogP contribution in [0, 0.1) is 11.7 Å². The molecule has 1 unspecified atom stereocenters. The Balaban J connectivity index is 2.61. The van der Waals surface area contributed by atoms with Crippen molar-refractivity contribution in [1.29, 1.82) is 0 Å². The number of amides is 1. The average molecular weight is 348 g/mol. The Bertz CT molecular complexity index is 884. The highest BCUT2D eigenvalue weighted by atomic mass is 32.2. The molecule has 4 N–H and O–H groups in total. The SMILES string of the molecule is CC(C)CC(C(N)=O)=S(N)(=O)c1cccc(-c2cccc(F)c2)c1. The predicted molar refractivity (Wildman–Crippen MR) is 96.1 cm³/mol. The number of hydrogen-bond acceptors (Lipinski definition) is 2. The third-order valence-corrected chi connectivity index (χ3v) is 5.63. The second-order valence-corrected chi connectivity index (χ2v) is 8.19. The van der Waals surface area contributed by atoms with Crippen LogP contribution in [-0.4, -0.2) is 15.0 Å². The van der Waals surface area contributed by atoms with Gasteiger partial charge in [-0.1, -0.05) is 38.1 Å². The van der Waals surface area contributed by atoms with Gasteiger partial charge in [0.15, 0.2) is 0 Å². The predicted octanol–water partition coefficient (Wildman–Crippen LogP) is 2.71. The number of nitrogens with two attached hydrogens (primary N) is 2. The van der Waals surface area contributed by atoms with Gasteiger partial charge in [0.1, 0.15) is 5.82 Å². The van der Waals surface area contributed by atoms with Crippen molar-refractivity contribution in [1.82, 2.24) is 0 Å². The molecule has 0 aliphatic carbocycles. The molecule has 128 valence electrons. The summed E-state index contributed by atoms with van der Waals surface area (Å²) in [5, 5.41) is 6.02. The van der Waals surface area contributed by atoms with Gasteiger partial charge in [-0.2, -0.15) is 0 Å². The maximum absolute atomic E-state index is 13.4. The smallest absolute Gasteiger partial charge is 0.254 e. The minimum absolute atomic E-state index is 0.0221. The highest BCUT2D eigenvalue weighted by Gasteiger charge is 2.20. The van der Waals surface area contributed by atoms with Crippen LogP contribution in [0.3, 0.4) is 0 Å². The van der Waals surface area contributed by atoms with Gasteiger partial charge in [-0.05, 0) is 47.7 Å². The molecule has 2 aromatic carbocycles. The van der Waals surface area contributed by atoms with E-state index in [2.05, 4.69) is 0 Å². The molecule has 24 heavy (non-hydrogen) atoms. The minimum Gasteiger partial charge on any atom is -0.365 e. The third-order valence-electron chi connectivity index (χ3n) is 3.58. The van der Waals surface area contributed by atoms with Crippen molar-refractivity contribution in [3.05, 3.63) is 54.3 Å². The maximum Gasteiger partial charge on any atom is 0.254 e. The topological polar surface area (TPSA) is 86.2 Å². The lowest BCUT2D eigenvalue weighted by Crippen LogP contribution is -2.35. The summed E-state index contributed by atoms with van der Waals surface area (Å²) in [6, 6.07) is 12.7. The lowest BCUT2D eigenvalue weighted by Gasteiger charge is -2.14. The van der Waals surface area contributed by atoms with Gasteiger partial charge in [-0.25, -0.2) is 8.60 Å². The second-order valence-electron chi connectivity index (χ2n) is 6.02. The van der Waals surface area contributed by atoms with Crippen LogP contribution in [0.5, 0.6) is 0 Å². The number of benzene rings is 2. The molecule has 0 aliphatic heterocycles. The molecule has 0 aliphatic rings. The van der Waals surface area contributed by atoms with E-state index in [1.807, 2.05) is 13.8 Å². The molecular weight excluding hydrogens is 327 g/mol. The van der Waals surface area contributed by atoms with Gasteiger partial charge in [0.05, 0.1) is 14.6 Å². The molecule has 6 heteroatoms. The molecule has 0 spiro atoms. The Morgan fingerprint density at radius 3 is 2.25 bits per heavy atom. The fourth-order valence-electron chi connectivity index (χ4n) is 2.42. The summed E-state index contributed by atoms with van der Waals surface area (Å²) in [5.74, 6) is -1.04. The van der Waals surface area contributed by atoms with Gasteiger partial charge in [-0.15, -0.1) is 0 Å². The van der Waals surface area contributed by atoms with Crippen LogP contribution in [0.4, 0.5) is 4.39 Å². The Morgan fingerprint density at radius 2 is 1.71 bits per heavy atom. The van der Waals surface area contributed by atoms with Crippen molar-refractivity contribution < 1.29 is 13.4 Å². The summed E-state index contributed by atoms with van der Waals surface area (Å²) in [6.45, 7) is 3.78. The Morgan fingerprint density at radius 1 is 1.12 bits per heavy atom. The normalized spacial score (nSPS) is 13.5. The highest BCUT2D eigenvalue weighted by molar-refractivity contribution is 8.01. The second kappa shape index (κ2) is 7.15. The molecule has 0 saturated heterocycles. The van der Waals surface area contributed by atoms with E-state index in [0.29, 0.717) is 16.0 Å². The molecule has 0 saturated carbocycles. The number of carbonyl (C=O) groups is 1.